The molecular formula is C19H28N2O2. The number of hydrogen-bond acceptors (Lipinski definition) is 3. The monoisotopic (exact) mass is 316 g/mol. The first-order valence-corrected chi connectivity index (χ1v) is 8.96. The summed E-state index contributed by atoms with van der Waals surface area (Å²) in [7, 11) is 0. The summed E-state index contributed by atoms with van der Waals surface area (Å²) in [5.41, 5.74) is 0.966. The normalized spacial score (nSPS) is 23.4. The summed E-state index contributed by atoms with van der Waals surface area (Å²) in [6, 6.07) is 10.1. The lowest BCUT2D eigenvalue weighted by Gasteiger charge is -2.28. The Bertz CT molecular complexity index is 501. The van der Waals surface area contributed by atoms with Crippen molar-refractivity contribution < 1.29 is 9.90 Å². The van der Waals surface area contributed by atoms with Gasteiger partial charge in [-0.1, -0.05) is 36.8 Å². The Labute approximate surface area is 138 Å². The lowest BCUT2D eigenvalue weighted by molar-refractivity contribution is -0.122. The van der Waals surface area contributed by atoms with Gasteiger partial charge < -0.3 is 10.4 Å². The number of nitrogens with zero attached hydrogens (tertiary/aromatic N) is 1. The lowest BCUT2D eigenvalue weighted by Crippen LogP contribution is -2.42. The van der Waals surface area contributed by atoms with Crippen molar-refractivity contribution in [1.82, 2.24) is 10.2 Å². The Morgan fingerprint density at radius 3 is 2.70 bits per heavy atom. The minimum Gasteiger partial charge on any atom is -0.388 e. The lowest BCUT2D eigenvalue weighted by atomic mass is 9.85. The number of nitrogens with one attached hydrogen (secondary N) is 1. The fourth-order valence-electron chi connectivity index (χ4n) is 3.63. The summed E-state index contributed by atoms with van der Waals surface area (Å²) >= 11 is 0. The number of hydrogen-bond donors (Lipinski definition) is 2. The Kier molecular flexibility index (Phi) is 5.68. The minimum atomic E-state index is -0.445. The van der Waals surface area contributed by atoms with Gasteiger partial charge in [-0.25, -0.2) is 0 Å². The van der Waals surface area contributed by atoms with E-state index in [1.165, 1.54) is 19.3 Å². The maximum absolute atomic E-state index is 12.1. The second-order valence-electron chi connectivity index (χ2n) is 7.03. The van der Waals surface area contributed by atoms with E-state index < -0.39 is 6.10 Å². The highest BCUT2D eigenvalue weighted by Gasteiger charge is 2.28. The second kappa shape index (κ2) is 7.93. The molecule has 4 nitrogen and oxygen atoms in total. The third-order valence-electron chi connectivity index (χ3n) is 5.34. The Morgan fingerprint density at radius 2 is 2.00 bits per heavy atom. The summed E-state index contributed by atoms with van der Waals surface area (Å²) in [5, 5.41) is 13.5. The molecule has 1 aromatic rings. The van der Waals surface area contributed by atoms with E-state index in [1.807, 2.05) is 30.3 Å². The van der Waals surface area contributed by atoms with Gasteiger partial charge in [0, 0.05) is 12.6 Å². The van der Waals surface area contributed by atoms with E-state index in [1.54, 1.807) is 0 Å². The van der Waals surface area contributed by atoms with E-state index in [-0.39, 0.29) is 5.91 Å². The van der Waals surface area contributed by atoms with Gasteiger partial charge in [0.2, 0.25) is 5.91 Å². The third kappa shape index (κ3) is 4.55. The molecule has 1 heterocycles. The van der Waals surface area contributed by atoms with Crippen molar-refractivity contribution in [2.75, 3.05) is 19.6 Å². The number of carbonyl (C=O) groups is 1. The highest BCUT2D eigenvalue weighted by molar-refractivity contribution is 5.78. The fraction of sp³-hybridized carbons (Fsp3) is 0.632. The zero-order valence-electron chi connectivity index (χ0n) is 13.8. The molecule has 23 heavy (non-hydrogen) atoms. The first kappa shape index (κ1) is 16.5. The third-order valence-corrected chi connectivity index (χ3v) is 5.34. The molecule has 1 aliphatic carbocycles. The van der Waals surface area contributed by atoms with Gasteiger partial charge >= 0.3 is 0 Å². The molecule has 1 aromatic carbocycles. The average molecular weight is 316 g/mol. The Hall–Kier alpha value is -1.39. The number of carbonyl (C=O) groups excluding carboxylic acids is 1. The average Bonchev–Trinajstić information content (AvgIpc) is 2.93. The topological polar surface area (TPSA) is 52.6 Å². The summed E-state index contributed by atoms with van der Waals surface area (Å²) < 4.78 is 0. The first-order chi connectivity index (χ1) is 11.2. The van der Waals surface area contributed by atoms with Crippen LogP contribution in [0.5, 0.6) is 0 Å². The largest absolute Gasteiger partial charge is 0.388 e. The molecule has 126 valence electrons. The van der Waals surface area contributed by atoms with Gasteiger partial charge in [-0.05, 0) is 50.1 Å². The van der Waals surface area contributed by atoms with Gasteiger partial charge in [-0.3, -0.25) is 9.69 Å². The molecule has 1 amide bonds. The predicted molar refractivity (Wildman–Crippen MR) is 91.0 cm³/mol. The quantitative estimate of drug-likeness (QED) is 0.812. The number of likely N-dealkylation sites (tertiary alicyclic amines) is 1. The summed E-state index contributed by atoms with van der Waals surface area (Å²) in [5.74, 6) is 0.839. The van der Waals surface area contributed by atoms with E-state index >= 15 is 0 Å². The van der Waals surface area contributed by atoms with Gasteiger partial charge in [0.1, 0.15) is 0 Å². The molecule has 0 spiro atoms. The maximum atomic E-state index is 12.1. The molecule has 2 atom stereocenters. The van der Waals surface area contributed by atoms with Crippen LogP contribution in [-0.2, 0) is 4.79 Å². The number of rotatable bonds is 7. The smallest absolute Gasteiger partial charge is 0.234 e. The van der Waals surface area contributed by atoms with Crippen molar-refractivity contribution >= 4 is 5.91 Å². The Morgan fingerprint density at radius 1 is 1.22 bits per heavy atom. The van der Waals surface area contributed by atoms with E-state index in [0.717, 1.165) is 31.5 Å². The van der Waals surface area contributed by atoms with Crippen molar-refractivity contribution in [3.05, 3.63) is 35.9 Å². The van der Waals surface area contributed by atoms with E-state index in [2.05, 4.69) is 10.2 Å². The molecule has 2 aliphatic rings. The molecule has 1 saturated carbocycles. The maximum Gasteiger partial charge on any atom is 0.234 e. The van der Waals surface area contributed by atoms with Crippen molar-refractivity contribution in [1.29, 1.82) is 0 Å². The van der Waals surface area contributed by atoms with E-state index in [9.17, 15) is 9.90 Å². The number of benzene rings is 1. The van der Waals surface area contributed by atoms with Gasteiger partial charge in [-0.15, -0.1) is 0 Å². The predicted octanol–water partition coefficient (Wildman–Crippen LogP) is 2.49. The molecule has 2 fully saturated rings. The van der Waals surface area contributed by atoms with Crippen molar-refractivity contribution in [2.24, 2.45) is 5.92 Å². The van der Waals surface area contributed by atoms with Crippen LogP contribution in [0.2, 0.25) is 0 Å². The standard InChI is InChI=1S/C19H28N2O2/c22-18(16-8-2-1-3-9-16)12-17-10-5-11-21(17)14-19(23)20-13-15-6-4-7-15/h1-3,8-9,15,17-18,22H,4-7,10-14H2,(H,20,23)/t17-,18+/m0/s1. The summed E-state index contributed by atoms with van der Waals surface area (Å²) in [6.07, 6.45) is 6.28. The van der Waals surface area contributed by atoms with Gasteiger partial charge in [-0.2, -0.15) is 0 Å². The molecule has 0 radical (unpaired) electrons. The molecule has 2 N–H and O–H groups in total. The number of aliphatic hydroxyl groups excluding tert-OH is 1. The molecule has 4 heteroatoms. The summed E-state index contributed by atoms with van der Waals surface area (Å²) in [6.45, 7) is 2.27. The van der Waals surface area contributed by atoms with Crippen molar-refractivity contribution in [3.63, 3.8) is 0 Å². The van der Waals surface area contributed by atoms with Crippen molar-refractivity contribution in [3.8, 4) is 0 Å². The molecular weight excluding hydrogens is 288 g/mol. The molecule has 0 unspecified atom stereocenters. The van der Waals surface area contributed by atoms with Crippen molar-refractivity contribution in [2.45, 2.75) is 50.7 Å². The van der Waals surface area contributed by atoms with Crippen LogP contribution in [0.4, 0.5) is 0 Å². The molecule has 0 bridgehead atoms. The first-order valence-electron chi connectivity index (χ1n) is 8.96. The fourth-order valence-corrected chi connectivity index (χ4v) is 3.63. The van der Waals surface area contributed by atoms with Crippen LogP contribution in [0.15, 0.2) is 30.3 Å². The zero-order chi connectivity index (χ0) is 16.1. The van der Waals surface area contributed by atoms with Crippen LogP contribution in [-0.4, -0.2) is 41.6 Å². The molecule has 3 rings (SSSR count). The number of aliphatic hydroxyl groups is 1. The van der Waals surface area contributed by atoms with E-state index in [4.69, 9.17) is 0 Å². The highest BCUT2D eigenvalue weighted by atomic mass is 16.3. The van der Waals surface area contributed by atoms with E-state index in [0.29, 0.717) is 24.9 Å². The molecule has 1 aliphatic heterocycles. The minimum absolute atomic E-state index is 0.137. The van der Waals surface area contributed by atoms with Gasteiger partial charge in [0.05, 0.1) is 12.6 Å². The van der Waals surface area contributed by atoms with Gasteiger partial charge in [0.15, 0.2) is 0 Å². The van der Waals surface area contributed by atoms with Crippen LogP contribution in [0.1, 0.15) is 50.2 Å². The Balaban J connectivity index is 1.46. The van der Waals surface area contributed by atoms with Crippen LogP contribution >= 0.6 is 0 Å². The SMILES string of the molecule is O=C(CN1CCC[C@H]1C[C@@H](O)c1ccccc1)NCC1CCC1. The van der Waals surface area contributed by atoms with Crippen LogP contribution < -0.4 is 5.32 Å². The summed E-state index contributed by atoms with van der Waals surface area (Å²) in [4.78, 5) is 14.4. The van der Waals surface area contributed by atoms with Crippen LogP contribution in [0, 0.1) is 5.92 Å². The van der Waals surface area contributed by atoms with Gasteiger partial charge in [0.25, 0.3) is 0 Å². The molecule has 0 aromatic heterocycles. The van der Waals surface area contributed by atoms with Crippen LogP contribution in [0.25, 0.3) is 0 Å². The number of amides is 1. The zero-order valence-corrected chi connectivity index (χ0v) is 13.8. The second-order valence-corrected chi connectivity index (χ2v) is 7.03. The highest BCUT2D eigenvalue weighted by Crippen LogP contribution is 2.27. The molecule has 1 saturated heterocycles. The van der Waals surface area contributed by atoms with Crippen LogP contribution in [0.3, 0.4) is 0 Å².